The number of carbonyl (C=O) groups is 2. The van der Waals surface area contributed by atoms with Crippen molar-refractivity contribution in [2.75, 3.05) is 26.1 Å². The van der Waals surface area contributed by atoms with Crippen LogP contribution in [0.5, 0.6) is 17.2 Å². The van der Waals surface area contributed by atoms with E-state index in [9.17, 15) is 19.7 Å². The first-order valence-electron chi connectivity index (χ1n) is 8.95. The summed E-state index contributed by atoms with van der Waals surface area (Å²) in [7, 11) is 2.84. The topological polar surface area (TPSA) is 126 Å². The third-order valence-electron chi connectivity index (χ3n) is 4.01. The molecule has 160 valence electrons. The molecule has 0 saturated carbocycles. The van der Waals surface area contributed by atoms with E-state index in [-0.39, 0.29) is 22.7 Å². The molecule has 0 bridgehead atoms. The molecule has 0 fully saturated rings. The van der Waals surface area contributed by atoms with Crippen LogP contribution in [0.1, 0.15) is 24.2 Å². The molecule has 2 aromatic carbocycles. The second kappa shape index (κ2) is 10.1. The van der Waals surface area contributed by atoms with Gasteiger partial charge in [-0.05, 0) is 44.2 Å². The fourth-order valence-electron chi connectivity index (χ4n) is 2.48. The third kappa shape index (κ3) is 5.37. The summed E-state index contributed by atoms with van der Waals surface area (Å²) in [4.78, 5) is 35.4. The maximum absolute atomic E-state index is 12.4. The molecule has 1 amide bonds. The molecule has 10 heteroatoms. The number of ether oxygens (including phenoxy) is 4. The van der Waals surface area contributed by atoms with Crippen LogP contribution in [0.2, 0.25) is 0 Å². The molecule has 0 aliphatic rings. The highest BCUT2D eigenvalue weighted by Gasteiger charge is 2.23. The van der Waals surface area contributed by atoms with E-state index in [1.807, 2.05) is 0 Å². The predicted octanol–water partition coefficient (Wildman–Crippen LogP) is 3.19. The molecule has 2 aromatic rings. The minimum atomic E-state index is -1.21. The molecule has 0 aromatic heterocycles. The van der Waals surface area contributed by atoms with Gasteiger partial charge < -0.3 is 24.3 Å². The SMILES string of the molecule is CCOc1cc(C(=O)O[C@H](C)C(=O)Nc2ccc(OC)cc2[N+](=O)[O-])ccc1OC. The van der Waals surface area contributed by atoms with Crippen LogP contribution < -0.4 is 19.5 Å². The van der Waals surface area contributed by atoms with Crippen molar-refractivity contribution in [3.63, 3.8) is 0 Å². The molecular formula is C20H22N2O8. The number of esters is 1. The van der Waals surface area contributed by atoms with E-state index in [0.717, 1.165) is 0 Å². The van der Waals surface area contributed by atoms with E-state index < -0.39 is 22.9 Å². The molecule has 10 nitrogen and oxygen atoms in total. The second-order valence-corrected chi connectivity index (χ2v) is 5.98. The van der Waals surface area contributed by atoms with Gasteiger partial charge in [0.25, 0.3) is 11.6 Å². The van der Waals surface area contributed by atoms with Crippen LogP contribution in [-0.2, 0) is 9.53 Å². The number of nitro groups is 1. The number of carbonyl (C=O) groups excluding carboxylic acids is 2. The van der Waals surface area contributed by atoms with Crippen molar-refractivity contribution in [1.29, 1.82) is 0 Å². The van der Waals surface area contributed by atoms with Gasteiger partial charge in [0.15, 0.2) is 17.6 Å². The Kier molecular flexibility index (Phi) is 7.56. The van der Waals surface area contributed by atoms with Crippen LogP contribution in [0.25, 0.3) is 0 Å². The summed E-state index contributed by atoms with van der Waals surface area (Å²) < 4.78 is 20.7. The van der Waals surface area contributed by atoms with Crippen LogP contribution in [0.3, 0.4) is 0 Å². The Bertz CT molecular complexity index is 944. The van der Waals surface area contributed by atoms with Crippen LogP contribution in [0, 0.1) is 10.1 Å². The van der Waals surface area contributed by atoms with Crippen molar-refractivity contribution < 1.29 is 33.5 Å². The number of nitro benzene ring substituents is 1. The first kappa shape index (κ1) is 22.5. The summed E-state index contributed by atoms with van der Waals surface area (Å²) in [5.41, 5.74) is -0.233. The summed E-state index contributed by atoms with van der Waals surface area (Å²) >= 11 is 0. The number of nitrogens with zero attached hydrogens (tertiary/aromatic N) is 1. The molecule has 0 spiro atoms. The van der Waals surface area contributed by atoms with Crippen molar-refractivity contribution in [3.05, 3.63) is 52.1 Å². The minimum Gasteiger partial charge on any atom is -0.496 e. The minimum absolute atomic E-state index is 0.0446. The maximum Gasteiger partial charge on any atom is 0.339 e. The predicted molar refractivity (Wildman–Crippen MR) is 107 cm³/mol. The van der Waals surface area contributed by atoms with Crippen molar-refractivity contribution in [1.82, 2.24) is 0 Å². The van der Waals surface area contributed by atoms with Gasteiger partial charge in [0.2, 0.25) is 0 Å². The van der Waals surface area contributed by atoms with Crippen LogP contribution >= 0.6 is 0 Å². The average Bonchev–Trinajstić information content (AvgIpc) is 2.73. The largest absolute Gasteiger partial charge is 0.496 e. The van der Waals surface area contributed by atoms with Gasteiger partial charge in [0.05, 0.1) is 37.4 Å². The fraction of sp³-hybridized carbons (Fsp3) is 0.300. The Morgan fingerprint density at radius 3 is 2.43 bits per heavy atom. The number of nitrogens with one attached hydrogen (secondary N) is 1. The van der Waals surface area contributed by atoms with Gasteiger partial charge in [-0.2, -0.15) is 0 Å². The number of amides is 1. The number of benzene rings is 2. The third-order valence-corrected chi connectivity index (χ3v) is 4.01. The standard InChI is InChI=1S/C20H22N2O8/c1-5-29-18-10-13(6-9-17(18)28-4)20(24)30-12(2)19(23)21-15-8-7-14(27-3)11-16(15)22(25)26/h6-12H,5H2,1-4H3,(H,21,23)/t12-/m1/s1. The van der Waals surface area contributed by atoms with Crippen LogP contribution in [0.15, 0.2) is 36.4 Å². The zero-order chi connectivity index (χ0) is 22.3. The zero-order valence-corrected chi connectivity index (χ0v) is 17.0. The lowest BCUT2D eigenvalue weighted by Crippen LogP contribution is -2.30. The molecule has 2 rings (SSSR count). The molecule has 0 heterocycles. The molecule has 0 aliphatic carbocycles. The molecule has 0 radical (unpaired) electrons. The van der Waals surface area contributed by atoms with E-state index in [1.165, 1.54) is 51.5 Å². The molecule has 1 N–H and O–H groups in total. The van der Waals surface area contributed by atoms with E-state index in [0.29, 0.717) is 18.1 Å². The van der Waals surface area contributed by atoms with E-state index >= 15 is 0 Å². The van der Waals surface area contributed by atoms with Gasteiger partial charge in [0, 0.05) is 0 Å². The number of hydrogen-bond donors (Lipinski definition) is 1. The monoisotopic (exact) mass is 418 g/mol. The van der Waals surface area contributed by atoms with Gasteiger partial charge in [-0.15, -0.1) is 0 Å². The smallest absolute Gasteiger partial charge is 0.339 e. The van der Waals surface area contributed by atoms with Crippen LogP contribution in [-0.4, -0.2) is 43.7 Å². The first-order chi connectivity index (χ1) is 14.3. The molecule has 0 aliphatic heterocycles. The van der Waals surface area contributed by atoms with Gasteiger partial charge in [-0.25, -0.2) is 4.79 Å². The quantitative estimate of drug-likeness (QED) is 0.374. The number of anilines is 1. The lowest BCUT2D eigenvalue weighted by atomic mass is 10.2. The van der Waals surface area contributed by atoms with Gasteiger partial charge >= 0.3 is 5.97 Å². The maximum atomic E-state index is 12.4. The van der Waals surface area contributed by atoms with Crippen molar-refractivity contribution in [2.45, 2.75) is 20.0 Å². The summed E-state index contributed by atoms with van der Waals surface area (Å²) in [5.74, 6) is -0.407. The number of rotatable bonds is 9. The van der Waals surface area contributed by atoms with E-state index in [1.54, 1.807) is 13.0 Å². The average molecular weight is 418 g/mol. The molecule has 0 unspecified atom stereocenters. The highest BCUT2D eigenvalue weighted by atomic mass is 16.6. The summed E-state index contributed by atoms with van der Waals surface area (Å²) in [5, 5.41) is 13.6. The van der Waals surface area contributed by atoms with Crippen molar-refractivity contribution in [2.24, 2.45) is 0 Å². The molecular weight excluding hydrogens is 396 g/mol. The first-order valence-corrected chi connectivity index (χ1v) is 8.95. The number of hydrogen-bond acceptors (Lipinski definition) is 8. The highest BCUT2D eigenvalue weighted by molar-refractivity contribution is 5.98. The van der Waals surface area contributed by atoms with Crippen LogP contribution in [0.4, 0.5) is 11.4 Å². The lowest BCUT2D eigenvalue weighted by molar-refractivity contribution is -0.384. The number of methoxy groups -OCH3 is 2. The van der Waals surface area contributed by atoms with Crippen molar-refractivity contribution >= 4 is 23.3 Å². The molecule has 1 atom stereocenters. The summed E-state index contributed by atoms with van der Waals surface area (Å²) in [6, 6.07) is 8.45. The van der Waals surface area contributed by atoms with E-state index in [4.69, 9.17) is 18.9 Å². The Balaban J connectivity index is 2.12. The second-order valence-electron chi connectivity index (χ2n) is 5.98. The molecule has 30 heavy (non-hydrogen) atoms. The van der Waals surface area contributed by atoms with Crippen molar-refractivity contribution in [3.8, 4) is 17.2 Å². The van der Waals surface area contributed by atoms with Gasteiger partial charge in [-0.1, -0.05) is 0 Å². The fourth-order valence-corrected chi connectivity index (χ4v) is 2.48. The van der Waals surface area contributed by atoms with Gasteiger partial charge in [0.1, 0.15) is 11.4 Å². The Labute approximate surface area is 172 Å². The highest BCUT2D eigenvalue weighted by Crippen LogP contribution is 2.30. The van der Waals surface area contributed by atoms with E-state index in [2.05, 4.69) is 5.32 Å². The Morgan fingerprint density at radius 1 is 1.10 bits per heavy atom. The molecule has 0 saturated heterocycles. The summed E-state index contributed by atoms with van der Waals surface area (Å²) in [6.45, 7) is 3.51. The van der Waals surface area contributed by atoms with Gasteiger partial charge in [-0.3, -0.25) is 14.9 Å². The summed E-state index contributed by atoms with van der Waals surface area (Å²) in [6.07, 6.45) is -1.21. The Morgan fingerprint density at radius 2 is 1.83 bits per heavy atom. The lowest BCUT2D eigenvalue weighted by Gasteiger charge is -2.15. The zero-order valence-electron chi connectivity index (χ0n) is 17.0. The Hall–Kier alpha value is -3.82. The normalized spacial score (nSPS) is 11.2.